The van der Waals surface area contributed by atoms with Gasteiger partial charge in [0.1, 0.15) is 29.1 Å². The smallest absolute Gasteiger partial charge is 0.191 e. The number of rotatable bonds is 14. The maximum absolute atomic E-state index is 12.3. The van der Waals surface area contributed by atoms with Crippen molar-refractivity contribution < 1.29 is 43.0 Å². The predicted molar refractivity (Wildman–Crippen MR) is 177 cm³/mol. The lowest BCUT2D eigenvalue weighted by molar-refractivity contribution is -0.202. The van der Waals surface area contributed by atoms with Gasteiger partial charge in [0.05, 0.1) is 25.0 Å². The first-order valence-electron chi connectivity index (χ1n) is 14.7. The molecule has 0 spiro atoms. The summed E-state index contributed by atoms with van der Waals surface area (Å²) in [4.78, 5) is 0. The summed E-state index contributed by atoms with van der Waals surface area (Å²) in [5.41, 5.74) is 3.67. The van der Waals surface area contributed by atoms with Gasteiger partial charge < -0.3 is 43.0 Å². The second kappa shape index (κ2) is 14.4. The van der Waals surface area contributed by atoms with Crippen molar-refractivity contribution >= 4 is 21.5 Å². The Morgan fingerprint density at radius 2 is 1.15 bits per heavy atom. The highest BCUT2D eigenvalue weighted by atomic mass is 16.7. The van der Waals surface area contributed by atoms with Crippen LogP contribution in [-0.4, -0.2) is 61.4 Å². The molecule has 0 aliphatic carbocycles. The summed E-state index contributed by atoms with van der Waals surface area (Å²) in [7, 11) is 9.53. The molecule has 0 heterocycles. The maximum atomic E-state index is 12.3. The van der Waals surface area contributed by atoms with Crippen LogP contribution in [0.3, 0.4) is 0 Å². The molecule has 5 aromatic rings. The van der Waals surface area contributed by atoms with Crippen LogP contribution in [0, 0.1) is 0 Å². The Bertz CT molecular complexity index is 1810. The van der Waals surface area contributed by atoms with Gasteiger partial charge in [-0.05, 0) is 58.8 Å². The molecule has 0 radical (unpaired) electrons. The number of methoxy groups -OCH3 is 6. The predicted octanol–water partition coefficient (Wildman–Crippen LogP) is 7.19. The zero-order valence-electron chi connectivity index (χ0n) is 27.2. The molecule has 1 N–H and O–H groups in total. The summed E-state index contributed by atoms with van der Waals surface area (Å²) in [6, 6.07) is 24.9. The van der Waals surface area contributed by atoms with Crippen molar-refractivity contribution in [1.29, 1.82) is 0 Å². The van der Waals surface area contributed by atoms with Crippen LogP contribution in [0.25, 0.3) is 32.7 Å². The minimum atomic E-state index is -1.10. The number of hydrogen-bond donors (Lipinski definition) is 1. The van der Waals surface area contributed by atoms with Gasteiger partial charge >= 0.3 is 0 Å². The van der Waals surface area contributed by atoms with Crippen molar-refractivity contribution in [1.82, 2.24) is 0 Å². The van der Waals surface area contributed by atoms with Crippen molar-refractivity contribution in [3.05, 3.63) is 95.6 Å². The van der Waals surface area contributed by atoms with E-state index in [1.54, 1.807) is 42.7 Å². The van der Waals surface area contributed by atoms with Gasteiger partial charge in [0.25, 0.3) is 0 Å². The summed E-state index contributed by atoms with van der Waals surface area (Å²) >= 11 is 0. The Labute approximate surface area is 269 Å². The first kappa shape index (κ1) is 33.0. The zero-order chi connectivity index (χ0) is 32.8. The summed E-state index contributed by atoms with van der Waals surface area (Å²) in [6.07, 6.45) is -1.09. The Balaban J connectivity index is 1.88. The fourth-order valence-corrected chi connectivity index (χ4v) is 5.93. The third kappa shape index (κ3) is 5.95. The Hall–Kier alpha value is -4.38. The highest BCUT2D eigenvalue weighted by Crippen LogP contribution is 2.48. The Morgan fingerprint density at radius 3 is 1.80 bits per heavy atom. The first-order valence-corrected chi connectivity index (χ1v) is 14.7. The van der Waals surface area contributed by atoms with Gasteiger partial charge in [-0.1, -0.05) is 54.6 Å². The largest absolute Gasteiger partial charge is 0.496 e. The van der Waals surface area contributed by atoms with Gasteiger partial charge in [-0.15, -0.1) is 0 Å². The van der Waals surface area contributed by atoms with E-state index in [-0.39, 0.29) is 13.6 Å². The van der Waals surface area contributed by atoms with Crippen LogP contribution >= 0.6 is 0 Å². The Kier molecular flexibility index (Phi) is 10.3. The highest BCUT2D eigenvalue weighted by Gasteiger charge is 2.32. The molecule has 5 aromatic carbocycles. The lowest BCUT2D eigenvalue weighted by Gasteiger charge is -2.31. The van der Waals surface area contributed by atoms with Crippen LogP contribution in [0.15, 0.2) is 78.9 Å². The molecule has 1 unspecified atom stereocenters. The molecule has 5 rings (SSSR count). The fraction of sp³-hybridized carbons (Fsp3) is 0.297. The van der Waals surface area contributed by atoms with Gasteiger partial charge in [0.15, 0.2) is 19.4 Å². The minimum Gasteiger partial charge on any atom is -0.496 e. The normalized spacial score (nSPS) is 12.3. The maximum Gasteiger partial charge on any atom is 0.191 e. The summed E-state index contributed by atoms with van der Waals surface area (Å²) in [6.45, 7) is 1.92. The van der Waals surface area contributed by atoms with E-state index in [0.717, 1.165) is 27.3 Å². The standard InChI is InChI=1S/C37H40O9/c1-37(43-6,44-7)28-13-9-8-11-26(28)36(38)27-17-20-32(46-22-40-3)35-30(42-5)18-16-25(33(27)35)23-15-19-31(45-21-39-2)34-24(23)12-10-14-29(34)41-4/h8-20,36,38H,21-22H2,1-7H3. The zero-order valence-corrected chi connectivity index (χ0v) is 27.2. The molecule has 0 aliphatic rings. The third-order valence-electron chi connectivity index (χ3n) is 8.29. The van der Waals surface area contributed by atoms with Crippen LogP contribution in [0.5, 0.6) is 23.0 Å². The summed E-state index contributed by atoms with van der Waals surface area (Å²) in [5.74, 6) is 1.29. The molecule has 46 heavy (non-hydrogen) atoms. The van der Waals surface area contributed by atoms with Gasteiger partial charge in [-0.25, -0.2) is 0 Å². The van der Waals surface area contributed by atoms with Crippen LogP contribution in [-0.2, 0) is 24.7 Å². The van der Waals surface area contributed by atoms with E-state index in [0.29, 0.717) is 45.1 Å². The molecule has 0 bridgehead atoms. The van der Waals surface area contributed by atoms with Gasteiger partial charge in [0.2, 0.25) is 0 Å². The van der Waals surface area contributed by atoms with Crippen LogP contribution in [0.1, 0.15) is 29.7 Å². The molecule has 9 nitrogen and oxygen atoms in total. The van der Waals surface area contributed by atoms with E-state index < -0.39 is 11.9 Å². The quantitative estimate of drug-likeness (QED) is 0.128. The molecule has 0 saturated carbocycles. The highest BCUT2D eigenvalue weighted by molar-refractivity contribution is 6.12. The average Bonchev–Trinajstić information content (AvgIpc) is 3.11. The summed E-state index contributed by atoms with van der Waals surface area (Å²) < 4.78 is 45.7. The minimum absolute atomic E-state index is 0.0267. The van der Waals surface area contributed by atoms with E-state index >= 15 is 0 Å². The van der Waals surface area contributed by atoms with E-state index in [2.05, 4.69) is 0 Å². The monoisotopic (exact) mass is 628 g/mol. The van der Waals surface area contributed by atoms with Crippen LogP contribution in [0.2, 0.25) is 0 Å². The second-order valence-electron chi connectivity index (χ2n) is 10.7. The van der Waals surface area contributed by atoms with Crippen molar-refractivity contribution in [2.45, 2.75) is 18.8 Å². The Morgan fingerprint density at radius 1 is 0.565 bits per heavy atom. The topological polar surface area (TPSA) is 94.1 Å². The molecule has 9 heteroatoms. The lowest BCUT2D eigenvalue weighted by atomic mass is 9.86. The second-order valence-corrected chi connectivity index (χ2v) is 10.7. The van der Waals surface area contributed by atoms with Crippen LogP contribution < -0.4 is 18.9 Å². The van der Waals surface area contributed by atoms with E-state index in [9.17, 15) is 5.11 Å². The van der Waals surface area contributed by atoms with E-state index in [1.807, 2.05) is 85.8 Å². The molecule has 0 aliphatic heterocycles. The van der Waals surface area contributed by atoms with E-state index in [4.69, 9.17) is 37.9 Å². The molecule has 0 aromatic heterocycles. The van der Waals surface area contributed by atoms with Gasteiger partial charge in [-0.2, -0.15) is 0 Å². The van der Waals surface area contributed by atoms with E-state index in [1.165, 1.54) is 0 Å². The number of fused-ring (bicyclic) bond motifs is 2. The van der Waals surface area contributed by atoms with Crippen molar-refractivity contribution in [2.75, 3.05) is 56.2 Å². The third-order valence-corrected chi connectivity index (χ3v) is 8.29. The van der Waals surface area contributed by atoms with Crippen molar-refractivity contribution in [3.8, 4) is 34.1 Å². The first-order chi connectivity index (χ1) is 22.4. The lowest BCUT2D eigenvalue weighted by Crippen LogP contribution is -2.28. The number of benzene rings is 5. The molecule has 0 saturated heterocycles. The molecular formula is C37H40O9. The molecule has 242 valence electrons. The molecule has 0 amide bonds. The summed E-state index contributed by atoms with van der Waals surface area (Å²) in [5, 5.41) is 15.4. The van der Waals surface area contributed by atoms with Crippen molar-refractivity contribution in [2.24, 2.45) is 0 Å². The SMILES string of the molecule is COCOc1ccc(-c2ccc(OC)c3c(OCOC)ccc(C(O)c4ccccc4C(C)(OC)OC)c23)c2cccc(OC)c12. The average molecular weight is 629 g/mol. The number of aliphatic hydroxyl groups is 1. The van der Waals surface area contributed by atoms with Gasteiger partial charge in [0, 0.05) is 39.4 Å². The number of ether oxygens (including phenoxy) is 8. The van der Waals surface area contributed by atoms with Crippen molar-refractivity contribution in [3.63, 3.8) is 0 Å². The number of hydrogen-bond acceptors (Lipinski definition) is 9. The molecule has 0 fully saturated rings. The molecular weight excluding hydrogens is 588 g/mol. The fourth-order valence-electron chi connectivity index (χ4n) is 5.93. The molecule has 1 atom stereocenters. The van der Waals surface area contributed by atoms with Gasteiger partial charge in [-0.3, -0.25) is 0 Å². The van der Waals surface area contributed by atoms with Crippen LogP contribution in [0.4, 0.5) is 0 Å². The number of aliphatic hydroxyl groups excluding tert-OH is 1.